The lowest BCUT2D eigenvalue weighted by atomic mass is 9.91. The van der Waals surface area contributed by atoms with Gasteiger partial charge in [-0.25, -0.2) is 8.42 Å². The van der Waals surface area contributed by atoms with E-state index >= 15 is 0 Å². The van der Waals surface area contributed by atoms with Gasteiger partial charge in [0.25, 0.3) is 0 Å². The summed E-state index contributed by atoms with van der Waals surface area (Å²) in [4.78, 5) is 15.2. The molecule has 0 aliphatic heterocycles. The first-order chi connectivity index (χ1) is 17.1. The summed E-state index contributed by atoms with van der Waals surface area (Å²) in [6, 6.07) is 32.2. The van der Waals surface area contributed by atoms with Gasteiger partial charge in [-0.05, 0) is 56.7 Å². The monoisotopic (exact) mass is 558 g/mol. The minimum Gasteiger partial charge on any atom is -0.743 e. The molecule has 37 heavy (non-hydrogen) atoms. The molecule has 0 aliphatic carbocycles. The molecule has 0 atom stereocenters. The van der Waals surface area contributed by atoms with Gasteiger partial charge in [0.05, 0.1) is 16.3 Å². The summed E-state index contributed by atoms with van der Waals surface area (Å²) in [6.45, 7) is 3.67. The van der Waals surface area contributed by atoms with Gasteiger partial charge in [-0.2, -0.15) is 17.6 Å². The lowest BCUT2D eigenvalue weighted by molar-refractivity contribution is -0.306. The number of alkyl halides is 4. The van der Waals surface area contributed by atoms with E-state index in [9.17, 15) is 35.3 Å². The Bertz CT molecular complexity index is 1160. The normalized spacial score (nSPS) is 12.5. The van der Waals surface area contributed by atoms with Crippen LogP contribution in [0.15, 0.2) is 106 Å². The highest BCUT2D eigenvalue weighted by Crippen LogP contribution is 2.40. The van der Waals surface area contributed by atoms with Crippen LogP contribution in [0.4, 0.5) is 17.6 Å². The van der Waals surface area contributed by atoms with Crippen LogP contribution in [0.3, 0.4) is 0 Å². The molecule has 0 N–H and O–H groups in total. The van der Waals surface area contributed by atoms with Crippen LogP contribution in [0.5, 0.6) is 0 Å². The third kappa shape index (κ3) is 7.56. The van der Waals surface area contributed by atoms with Gasteiger partial charge in [0.2, 0.25) is 0 Å². The number of hydrogen-bond donors (Lipinski definition) is 0. The van der Waals surface area contributed by atoms with E-state index in [-0.39, 0.29) is 17.3 Å². The molecule has 0 spiro atoms. The molecule has 3 rings (SSSR count). The summed E-state index contributed by atoms with van der Waals surface area (Å²) in [7, 11) is -6.68. The first-order valence-corrected chi connectivity index (χ1v) is 13.6. The lowest BCUT2D eigenvalue weighted by Crippen LogP contribution is -2.51. The third-order valence-electron chi connectivity index (χ3n) is 5.25. The predicted molar refractivity (Wildman–Crippen MR) is 131 cm³/mol. The SMILES string of the molecule is CCC(C)(C)C(=O)OC(F)(F)C(F)(F)S(=O)(=O)[O-].c1ccc([S+](c2ccccc2)c2ccccc2)cc1. The highest BCUT2D eigenvalue weighted by molar-refractivity contribution is 7.97. The number of hydrogen-bond acceptors (Lipinski definition) is 5. The van der Waals surface area contributed by atoms with Crippen LogP contribution in [0.25, 0.3) is 0 Å². The molecule has 0 aliphatic rings. The summed E-state index contributed by atoms with van der Waals surface area (Å²) >= 11 is 0. The van der Waals surface area contributed by atoms with Crippen LogP contribution in [0, 0.1) is 5.41 Å². The molecule has 0 saturated heterocycles. The van der Waals surface area contributed by atoms with Gasteiger partial charge in [-0.3, -0.25) is 4.79 Å². The second-order valence-corrected chi connectivity index (χ2v) is 11.8. The van der Waals surface area contributed by atoms with Crippen LogP contribution in [-0.2, 0) is 30.5 Å². The molecular weight excluding hydrogens is 532 g/mol. The zero-order chi connectivity index (χ0) is 27.9. The number of benzene rings is 3. The van der Waals surface area contributed by atoms with Gasteiger partial charge in [-0.15, -0.1) is 0 Å². The van der Waals surface area contributed by atoms with Crippen molar-refractivity contribution in [3.8, 4) is 0 Å². The number of carbonyl (C=O) groups is 1. The molecule has 0 radical (unpaired) electrons. The van der Waals surface area contributed by atoms with Crippen molar-refractivity contribution >= 4 is 27.0 Å². The molecule has 200 valence electrons. The quantitative estimate of drug-likeness (QED) is 0.137. The van der Waals surface area contributed by atoms with Crippen molar-refractivity contribution in [1.82, 2.24) is 0 Å². The Labute approximate surface area is 216 Å². The number of halogens is 4. The van der Waals surface area contributed by atoms with Crippen molar-refractivity contribution in [2.45, 2.75) is 53.2 Å². The van der Waals surface area contributed by atoms with Gasteiger partial charge in [0.15, 0.2) is 24.8 Å². The molecule has 5 nitrogen and oxygen atoms in total. The van der Waals surface area contributed by atoms with Crippen molar-refractivity contribution in [3.05, 3.63) is 91.0 Å². The van der Waals surface area contributed by atoms with Gasteiger partial charge in [-0.1, -0.05) is 61.5 Å². The van der Waals surface area contributed by atoms with Crippen LogP contribution in [-0.4, -0.2) is 30.3 Å². The molecule has 3 aromatic rings. The maximum Gasteiger partial charge on any atom is 0.481 e. The second kappa shape index (κ2) is 12.1. The second-order valence-electron chi connectivity index (χ2n) is 8.36. The van der Waals surface area contributed by atoms with E-state index in [1.807, 2.05) is 0 Å². The number of esters is 1. The maximum atomic E-state index is 12.8. The first-order valence-electron chi connectivity index (χ1n) is 11.0. The van der Waals surface area contributed by atoms with Gasteiger partial charge in [0, 0.05) is 0 Å². The molecule has 0 amide bonds. The fraction of sp³-hybridized carbons (Fsp3) is 0.269. The topological polar surface area (TPSA) is 83.5 Å². The highest BCUT2D eigenvalue weighted by Gasteiger charge is 2.66. The highest BCUT2D eigenvalue weighted by atomic mass is 32.2. The van der Waals surface area contributed by atoms with E-state index in [1.54, 1.807) is 0 Å². The Morgan fingerprint density at radius 3 is 1.38 bits per heavy atom. The molecule has 11 heteroatoms. The molecule has 0 unspecified atom stereocenters. The molecule has 3 aromatic carbocycles. The Morgan fingerprint density at radius 1 is 0.784 bits per heavy atom. The Kier molecular flexibility index (Phi) is 9.92. The average molecular weight is 559 g/mol. The van der Waals surface area contributed by atoms with E-state index in [4.69, 9.17) is 0 Å². The van der Waals surface area contributed by atoms with Gasteiger partial charge >= 0.3 is 17.3 Å². The average Bonchev–Trinajstić information content (AvgIpc) is 2.85. The summed E-state index contributed by atoms with van der Waals surface area (Å²) in [6.07, 6.45) is -5.74. The van der Waals surface area contributed by atoms with Crippen molar-refractivity contribution in [2.75, 3.05) is 0 Å². The fourth-order valence-corrected chi connectivity index (χ4v) is 5.12. The van der Waals surface area contributed by atoms with E-state index < -0.39 is 32.9 Å². The standard InChI is InChI=1S/C18H15S.C8H12F4O5S/c1-4-10-16(11-5-1)19(17-12-6-2-7-13-17)18-14-8-3-9-15-18;1-4-6(2,3)5(13)17-7(9,10)8(11,12)18(14,15)16/h1-15H;4H2,1-3H3,(H,14,15,16)/q+1;/p-1. The summed E-state index contributed by atoms with van der Waals surface area (Å²) in [5, 5.41) is -6.03. The minimum atomic E-state index is -6.67. The molecule has 0 bridgehead atoms. The minimum absolute atomic E-state index is 0.0146. The fourth-order valence-electron chi connectivity index (χ4n) is 2.68. The van der Waals surface area contributed by atoms with Crippen molar-refractivity contribution in [2.24, 2.45) is 5.41 Å². The zero-order valence-corrected chi connectivity index (χ0v) is 21.9. The largest absolute Gasteiger partial charge is 0.743 e. The van der Waals surface area contributed by atoms with E-state index in [2.05, 4.69) is 95.7 Å². The first kappa shape index (κ1) is 30.3. The predicted octanol–water partition coefficient (Wildman–Crippen LogP) is 6.48. The summed E-state index contributed by atoms with van der Waals surface area (Å²) in [5.74, 6) is -1.74. The smallest absolute Gasteiger partial charge is 0.481 e. The number of carbonyl (C=O) groups excluding carboxylic acids is 1. The molecule has 0 heterocycles. The Morgan fingerprint density at radius 2 is 1.11 bits per heavy atom. The molecule has 0 aromatic heterocycles. The van der Waals surface area contributed by atoms with E-state index in [1.165, 1.54) is 21.6 Å². The number of ether oxygens (including phenoxy) is 1. The van der Waals surface area contributed by atoms with E-state index in [0.29, 0.717) is 0 Å². The summed E-state index contributed by atoms with van der Waals surface area (Å²) < 4.78 is 84.2. The van der Waals surface area contributed by atoms with Crippen molar-refractivity contribution < 1.29 is 40.1 Å². The van der Waals surface area contributed by atoms with Crippen LogP contribution < -0.4 is 0 Å². The maximum absolute atomic E-state index is 12.8. The Balaban J connectivity index is 0.000000261. The molecular formula is C26H26F4O5S2. The van der Waals surface area contributed by atoms with Gasteiger partial charge < -0.3 is 9.29 Å². The molecule has 0 fully saturated rings. The van der Waals surface area contributed by atoms with Gasteiger partial charge in [0.1, 0.15) is 0 Å². The third-order valence-corrected chi connectivity index (χ3v) is 8.34. The molecule has 0 saturated carbocycles. The number of rotatable bonds is 8. The zero-order valence-electron chi connectivity index (χ0n) is 20.2. The van der Waals surface area contributed by atoms with Crippen LogP contribution in [0.2, 0.25) is 0 Å². The van der Waals surface area contributed by atoms with Crippen molar-refractivity contribution in [3.63, 3.8) is 0 Å². The van der Waals surface area contributed by atoms with Crippen LogP contribution >= 0.6 is 0 Å². The Hall–Kier alpha value is -2.89. The van der Waals surface area contributed by atoms with Crippen LogP contribution in [0.1, 0.15) is 27.2 Å². The van der Waals surface area contributed by atoms with Crippen molar-refractivity contribution in [1.29, 1.82) is 0 Å². The summed E-state index contributed by atoms with van der Waals surface area (Å²) in [5.41, 5.74) is -1.52. The lowest BCUT2D eigenvalue weighted by Gasteiger charge is -2.30. The van der Waals surface area contributed by atoms with E-state index in [0.717, 1.165) is 13.8 Å².